The Morgan fingerprint density at radius 3 is 1.85 bits per heavy atom. The fourth-order valence-corrected chi connectivity index (χ4v) is 3.92. The number of carbonyl (C=O) groups is 2. The molecule has 0 heterocycles. The van der Waals surface area contributed by atoms with Gasteiger partial charge < -0.3 is 10.2 Å². The number of amides is 2. The first-order chi connectivity index (χ1) is 16.1. The van der Waals surface area contributed by atoms with E-state index < -0.39 is 11.6 Å². The predicted molar refractivity (Wildman–Crippen MR) is 139 cm³/mol. The maximum absolute atomic E-state index is 13.7. The molecule has 0 aliphatic rings. The first kappa shape index (κ1) is 25.8. The van der Waals surface area contributed by atoms with Gasteiger partial charge in [-0.25, -0.2) is 0 Å². The minimum absolute atomic E-state index is 0.137. The molecule has 0 aliphatic heterocycles. The van der Waals surface area contributed by atoms with Gasteiger partial charge in [0.2, 0.25) is 11.8 Å². The van der Waals surface area contributed by atoms with Gasteiger partial charge in [-0.15, -0.1) is 0 Å². The third kappa shape index (κ3) is 7.89. The van der Waals surface area contributed by atoms with Crippen molar-refractivity contribution < 1.29 is 9.59 Å². The third-order valence-electron chi connectivity index (χ3n) is 5.30. The van der Waals surface area contributed by atoms with E-state index in [4.69, 9.17) is 23.2 Å². The second kappa shape index (κ2) is 11.5. The Balaban J connectivity index is 1.97. The largest absolute Gasteiger partial charge is 0.350 e. The monoisotopic (exact) mass is 496 g/mol. The van der Waals surface area contributed by atoms with Crippen molar-refractivity contribution in [2.75, 3.05) is 0 Å². The standard InChI is InChI=1S/C28H30Cl2N2O2/c1-28(2,3)31-27(34)25(17-20-7-5-4-6-8-20)32(19-22-11-15-24(30)16-12-22)26(33)18-21-9-13-23(29)14-10-21/h4-16,25H,17-19H2,1-3H3,(H,31,34). The molecular formula is C28H30Cl2N2O2. The molecule has 1 atom stereocenters. The molecule has 0 radical (unpaired) electrons. The third-order valence-corrected chi connectivity index (χ3v) is 5.81. The molecule has 34 heavy (non-hydrogen) atoms. The minimum atomic E-state index is -0.683. The van der Waals surface area contributed by atoms with E-state index in [1.807, 2.05) is 75.4 Å². The smallest absolute Gasteiger partial charge is 0.243 e. The van der Waals surface area contributed by atoms with Crippen LogP contribution in [0, 0.1) is 0 Å². The molecule has 0 spiro atoms. The highest BCUT2D eigenvalue weighted by Gasteiger charge is 2.32. The Morgan fingerprint density at radius 1 is 0.794 bits per heavy atom. The lowest BCUT2D eigenvalue weighted by molar-refractivity contribution is -0.141. The van der Waals surface area contributed by atoms with Crippen LogP contribution in [0.3, 0.4) is 0 Å². The predicted octanol–water partition coefficient (Wildman–Crippen LogP) is 6.09. The van der Waals surface area contributed by atoms with Crippen molar-refractivity contribution in [3.63, 3.8) is 0 Å². The van der Waals surface area contributed by atoms with Crippen molar-refractivity contribution in [2.24, 2.45) is 0 Å². The van der Waals surface area contributed by atoms with Crippen LogP contribution in [0.5, 0.6) is 0 Å². The first-order valence-electron chi connectivity index (χ1n) is 11.2. The van der Waals surface area contributed by atoms with Crippen LogP contribution in [0.2, 0.25) is 10.0 Å². The number of carbonyl (C=O) groups excluding carboxylic acids is 2. The van der Waals surface area contributed by atoms with Gasteiger partial charge in [0.15, 0.2) is 0 Å². The molecule has 0 aliphatic carbocycles. The van der Waals surface area contributed by atoms with E-state index in [0.29, 0.717) is 23.0 Å². The summed E-state index contributed by atoms with van der Waals surface area (Å²) in [4.78, 5) is 28.8. The van der Waals surface area contributed by atoms with Gasteiger partial charge >= 0.3 is 0 Å². The van der Waals surface area contributed by atoms with Crippen molar-refractivity contribution in [2.45, 2.75) is 51.7 Å². The summed E-state index contributed by atoms with van der Waals surface area (Å²) in [5.74, 6) is -0.322. The zero-order chi connectivity index (χ0) is 24.7. The van der Waals surface area contributed by atoms with Crippen LogP contribution < -0.4 is 5.32 Å². The zero-order valence-electron chi connectivity index (χ0n) is 19.7. The second-order valence-electron chi connectivity index (χ2n) is 9.40. The number of rotatable bonds is 8. The van der Waals surface area contributed by atoms with E-state index in [2.05, 4.69) is 5.32 Å². The summed E-state index contributed by atoms with van der Waals surface area (Å²) in [6.07, 6.45) is 0.571. The maximum Gasteiger partial charge on any atom is 0.243 e. The normalized spacial score (nSPS) is 12.1. The van der Waals surface area contributed by atoms with E-state index in [1.165, 1.54) is 0 Å². The summed E-state index contributed by atoms with van der Waals surface area (Å²) in [6.45, 7) is 6.09. The molecule has 0 fully saturated rings. The zero-order valence-corrected chi connectivity index (χ0v) is 21.2. The molecule has 0 bridgehead atoms. The van der Waals surface area contributed by atoms with Crippen LogP contribution in [0.15, 0.2) is 78.9 Å². The lowest BCUT2D eigenvalue weighted by Gasteiger charge is -2.34. The van der Waals surface area contributed by atoms with Gasteiger partial charge in [0.05, 0.1) is 6.42 Å². The SMILES string of the molecule is CC(C)(C)NC(=O)C(Cc1ccccc1)N(Cc1ccc(Cl)cc1)C(=O)Cc1ccc(Cl)cc1. The molecular weight excluding hydrogens is 467 g/mol. The van der Waals surface area contributed by atoms with Crippen molar-refractivity contribution >= 4 is 35.0 Å². The van der Waals surface area contributed by atoms with Gasteiger partial charge in [0, 0.05) is 28.5 Å². The van der Waals surface area contributed by atoms with Gasteiger partial charge in [-0.3, -0.25) is 9.59 Å². The molecule has 1 unspecified atom stereocenters. The molecule has 3 aromatic rings. The van der Waals surface area contributed by atoms with Gasteiger partial charge in [-0.1, -0.05) is 77.8 Å². The molecule has 0 aromatic heterocycles. The maximum atomic E-state index is 13.7. The number of hydrogen-bond acceptors (Lipinski definition) is 2. The van der Waals surface area contributed by atoms with Crippen LogP contribution in [0.25, 0.3) is 0 Å². The molecule has 6 heteroatoms. The molecule has 1 N–H and O–H groups in total. The summed E-state index contributed by atoms with van der Waals surface area (Å²) in [5, 5.41) is 4.30. The number of halogens is 2. The number of hydrogen-bond donors (Lipinski definition) is 1. The van der Waals surface area contributed by atoms with E-state index in [0.717, 1.165) is 16.7 Å². The molecule has 3 aromatic carbocycles. The highest BCUT2D eigenvalue weighted by atomic mass is 35.5. The van der Waals surface area contributed by atoms with Crippen molar-refractivity contribution in [1.29, 1.82) is 0 Å². The molecule has 0 saturated carbocycles. The van der Waals surface area contributed by atoms with Crippen LogP contribution >= 0.6 is 23.2 Å². The van der Waals surface area contributed by atoms with Crippen LogP contribution in [0.4, 0.5) is 0 Å². The van der Waals surface area contributed by atoms with Crippen LogP contribution in [-0.2, 0) is 29.0 Å². The Hall–Kier alpha value is -2.82. The van der Waals surface area contributed by atoms with Crippen LogP contribution in [0.1, 0.15) is 37.5 Å². The van der Waals surface area contributed by atoms with Gasteiger partial charge in [-0.05, 0) is 61.7 Å². The van der Waals surface area contributed by atoms with Crippen molar-refractivity contribution in [3.8, 4) is 0 Å². The lowest BCUT2D eigenvalue weighted by atomic mass is 10.00. The summed E-state index contributed by atoms with van der Waals surface area (Å²) in [6, 6.07) is 23.6. The molecule has 4 nitrogen and oxygen atoms in total. The Kier molecular flexibility index (Phi) is 8.76. The number of nitrogens with one attached hydrogen (secondary N) is 1. The average molecular weight is 497 g/mol. The summed E-state index contributed by atoms with van der Waals surface area (Å²) in [7, 11) is 0. The molecule has 2 amide bonds. The van der Waals surface area contributed by atoms with E-state index in [-0.39, 0.29) is 18.2 Å². The summed E-state index contributed by atoms with van der Waals surface area (Å²) >= 11 is 12.1. The fraction of sp³-hybridized carbons (Fsp3) is 0.286. The Labute approximate surface area is 211 Å². The molecule has 178 valence electrons. The number of benzene rings is 3. The second-order valence-corrected chi connectivity index (χ2v) is 10.3. The number of nitrogens with zero attached hydrogens (tertiary/aromatic N) is 1. The highest BCUT2D eigenvalue weighted by Crippen LogP contribution is 2.19. The van der Waals surface area contributed by atoms with E-state index in [1.54, 1.807) is 29.2 Å². The Bertz CT molecular complexity index is 1090. The van der Waals surface area contributed by atoms with Gasteiger partial charge in [0.1, 0.15) is 6.04 Å². The lowest BCUT2D eigenvalue weighted by Crippen LogP contribution is -2.54. The average Bonchev–Trinajstić information content (AvgIpc) is 2.78. The van der Waals surface area contributed by atoms with E-state index >= 15 is 0 Å². The molecule has 3 rings (SSSR count). The van der Waals surface area contributed by atoms with Crippen LogP contribution in [-0.4, -0.2) is 28.3 Å². The molecule has 0 saturated heterocycles. The topological polar surface area (TPSA) is 49.4 Å². The Morgan fingerprint density at radius 2 is 1.32 bits per heavy atom. The van der Waals surface area contributed by atoms with Gasteiger partial charge in [0.25, 0.3) is 0 Å². The van der Waals surface area contributed by atoms with Gasteiger partial charge in [-0.2, -0.15) is 0 Å². The quantitative estimate of drug-likeness (QED) is 0.410. The minimum Gasteiger partial charge on any atom is -0.350 e. The highest BCUT2D eigenvalue weighted by molar-refractivity contribution is 6.30. The fourth-order valence-electron chi connectivity index (χ4n) is 3.67. The summed E-state index contributed by atoms with van der Waals surface area (Å²) in [5.41, 5.74) is 2.29. The first-order valence-corrected chi connectivity index (χ1v) is 12.0. The van der Waals surface area contributed by atoms with E-state index in [9.17, 15) is 9.59 Å². The van der Waals surface area contributed by atoms with Crippen molar-refractivity contribution in [3.05, 3.63) is 106 Å². The summed E-state index contributed by atoms with van der Waals surface area (Å²) < 4.78 is 0. The van der Waals surface area contributed by atoms with Crippen molar-refractivity contribution in [1.82, 2.24) is 10.2 Å².